The molecule has 9 aromatic rings. The fraction of sp³-hybridized carbons (Fsp3) is 0.0600. The molecule has 7 aromatic carbocycles. The first-order valence-corrected chi connectivity index (χ1v) is 29.3. The van der Waals surface area contributed by atoms with E-state index in [1.165, 1.54) is 32.3 Å². The summed E-state index contributed by atoms with van der Waals surface area (Å²) in [6.45, 7) is -0.826. The highest BCUT2D eigenvalue weighted by Gasteiger charge is 2.26. The number of anilines is 10. The smallest absolute Gasteiger partial charge is 0.335 e. The number of azo groups is 2. The average molecular weight is 1350 g/mol. The number of hydrogen-bond acceptors (Lipinski definition) is 35. The van der Waals surface area contributed by atoms with Crippen LogP contribution in [0.15, 0.2) is 137 Å². The quantitative estimate of drug-likeness (QED) is 0.00569. The molecule has 0 aliphatic rings. The van der Waals surface area contributed by atoms with Gasteiger partial charge < -0.3 is 67.3 Å². The van der Waals surface area contributed by atoms with E-state index in [1.807, 2.05) is 0 Å². The molecule has 0 aliphatic heterocycles. The first kappa shape index (κ1) is 65.6. The summed E-state index contributed by atoms with van der Waals surface area (Å²) in [5, 5.41) is 120. The number of phenolic OH excluding ortho intramolecular Hbond substituents is 2. The number of nitrogens with one attached hydrogen (secondary N) is 6. The number of aromatic hydroxyl groups is 2. The van der Waals surface area contributed by atoms with Gasteiger partial charge in [0.05, 0.1) is 83.1 Å². The van der Waals surface area contributed by atoms with Crippen LogP contribution in [-0.2, 0) is 39.0 Å². The number of carboxylic acid groups (broad SMARTS) is 3. The van der Waals surface area contributed by atoms with Gasteiger partial charge >= 0.3 is 17.9 Å². The SMILES string of the molecule is CNc1nc(Nc2ccc(Nc3nc(NC)nc(Nc4cc(S(=O)(=O)O)cc5cc(SOOO)c(N=Nc6cc(C(=O)O)cc(C(=O)O)c6)c(O)c45)n3)cc2)nc(Nc2cc(S(=O)(=O)O)cc3cc(SOOO)c(N=Nc4cc(OCO)cc(C(=O)O)c4)c(O)c23)n1. The Morgan fingerprint density at radius 2 is 0.870 bits per heavy atom. The number of carbonyl (C=O) groups is 3. The molecule has 0 saturated carbocycles. The van der Waals surface area contributed by atoms with E-state index in [0.29, 0.717) is 11.4 Å². The van der Waals surface area contributed by atoms with Crippen molar-refractivity contribution in [3.8, 4) is 17.2 Å². The molecule has 0 bridgehead atoms. The number of nitrogens with zero attached hydrogens (tertiary/aromatic N) is 10. The molecule has 0 unspecified atom stereocenters. The van der Waals surface area contributed by atoms with Crippen LogP contribution in [0, 0.1) is 0 Å². The topological polar surface area (TPSA) is 567 Å². The number of fused-ring (bicyclic) bond motifs is 2. The lowest BCUT2D eigenvalue weighted by Crippen LogP contribution is -2.08. The lowest BCUT2D eigenvalue weighted by molar-refractivity contribution is -0.432. The molecule has 0 aliphatic carbocycles. The second-order valence-electron chi connectivity index (χ2n) is 17.9. The van der Waals surface area contributed by atoms with Crippen molar-refractivity contribution >= 4 is 165 Å². The van der Waals surface area contributed by atoms with Crippen LogP contribution in [0.3, 0.4) is 0 Å². The van der Waals surface area contributed by atoms with Gasteiger partial charge in [0.1, 0.15) is 17.1 Å². The summed E-state index contributed by atoms with van der Waals surface area (Å²) in [5.41, 5.74) is -2.48. The second kappa shape index (κ2) is 27.9. The highest BCUT2D eigenvalue weighted by molar-refractivity contribution is 7.95. The molecular weight excluding hydrogens is 1300 g/mol. The van der Waals surface area contributed by atoms with E-state index in [4.69, 9.17) is 15.3 Å². The van der Waals surface area contributed by atoms with E-state index in [0.717, 1.165) is 54.6 Å². The van der Waals surface area contributed by atoms with Crippen LogP contribution >= 0.6 is 24.1 Å². The maximum absolute atomic E-state index is 12.6. The van der Waals surface area contributed by atoms with Crippen LogP contribution in [0.5, 0.6) is 17.2 Å². The Kier molecular flexibility index (Phi) is 19.9. The van der Waals surface area contributed by atoms with Crippen molar-refractivity contribution in [3.05, 3.63) is 114 Å². The number of benzene rings is 7. The van der Waals surface area contributed by atoms with Crippen molar-refractivity contribution < 1.29 is 105 Å². The molecule has 2 heterocycles. The summed E-state index contributed by atoms with van der Waals surface area (Å²) in [6.07, 6.45) is 0. The molecule has 0 spiro atoms. The van der Waals surface area contributed by atoms with Gasteiger partial charge in [0.15, 0.2) is 18.3 Å². The monoisotopic (exact) mass is 1340 g/mol. The zero-order chi connectivity index (χ0) is 66.2. The van der Waals surface area contributed by atoms with Crippen LogP contribution < -0.4 is 36.6 Å². The highest BCUT2D eigenvalue weighted by atomic mass is 32.2. The Labute approximate surface area is 521 Å². The van der Waals surface area contributed by atoms with E-state index in [-0.39, 0.29) is 125 Å². The van der Waals surface area contributed by atoms with Crippen molar-refractivity contribution in [2.45, 2.75) is 19.6 Å². The number of rotatable bonds is 27. The lowest BCUT2D eigenvalue weighted by atomic mass is 10.1. The summed E-state index contributed by atoms with van der Waals surface area (Å²) in [6, 6.07) is 18.6. The first-order valence-electron chi connectivity index (χ1n) is 24.9. The molecule has 476 valence electrons. The molecule has 2 aromatic heterocycles. The van der Waals surface area contributed by atoms with Crippen LogP contribution in [0.2, 0.25) is 0 Å². The zero-order valence-electron chi connectivity index (χ0n) is 45.9. The van der Waals surface area contributed by atoms with Crippen LogP contribution in [0.1, 0.15) is 31.1 Å². The van der Waals surface area contributed by atoms with Crippen molar-refractivity contribution in [1.82, 2.24) is 29.9 Å². The molecule has 42 heteroatoms. The summed E-state index contributed by atoms with van der Waals surface area (Å²) in [4.78, 5) is 59.6. The van der Waals surface area contributed by atoms with Crippen molar-refractivity contribution in [2.24, 2.45) is 20.5 Å². The normalized spacial score (nSPS) is 11.7. The number of phenols is 2. The molecule has 0 radical (unpaired) electrons. The third-order valence-electron chi connectivity index (χ3n) is 12.1. The minimum Gasteiger partial charge on any atom is -0.505 e. The predicted octanol–water partition coefficient (Wildman–Crippen LogP) is 9.44. The van der Waals surface area contributed by atoms with Gasteiger partial charge in [-0.3, -0.25) is 9.11 Å². The molecule has 16 N–H and O–H groups in total. The summed E-state index contributed by atoms with van der Waals surface area (Å²) in [5.74, 6) is -7.02. The van der Waals surface area contributed by atoms with Gasteiger partial charge in [-0.15, -0.1) is 18.9 Å². The van der Waals surface area contributed by atoms with E-state index in [1.54, 1.807) is 24.3 Å². The number of aliphatic hydroxyl groups is 1. The molecule has 9 rings (SSSR count). The largest absolute Gasteiger partial charge is 0.505 e. The summed E-state index contributed by atoms with van der Waals surface area (Å²) >= 11 is 0.502. The fourth-order valence-corrected chi connectivity index (χ4v) is 10.3. The molecule has 0 atom stereocenters. The van der Waals surface area contributed by atoms with E-state index < -0.39 is 88.7 Å². The van der Waals surface area contributed by atoms with Crippen LogP contribution in [0.4, 0.5) is 81.2 Å². The maximum Gasteiger partial charge on any atom is 0.335 e. The number of aliphatic hydroxyl groups excluding tert-OH is 1. The minimum atomic E-state index is -5.00. The number of hydrogen-bond donors (Lipinski definition) is 16. The van der Waals surface area contributed by atoms with Crippen molar-refractivity contribution in [3.63, 3.8) is 0 Å². The van der Waals surface area contributed by atoms with Gasteiger partial charge in [0, 0.05) is 42.3 Å². The number of aromatic nitrogens is 6. The van der Waals surface area contributed by atoms with Crippen molar-refractivity contribution in [1.29, 1.82) is 0 Å². The van der Waals surface area contributed by atoms with Gasteiger partial charge in [0.25, 0.3) is 20.2 Å². The van der Waals surface area contributed by atoms with E-state index in [2.05, 4.69) is 101 Å². The predicted molar refractivity (Wildman–Crippen MR) is 320 cm³/mol. The number of carboxylic acids is 3. The minimum absolute atomic E-state index is 0.0616. The van der Waals surface area contributed by atoms with Gasteiger partial charge in [-0.1, -0.05) is 10.1 Å². The molecule has 92 heavy (non-hydrogen) atoms. The maximum atomic E-state index is 12.6. The number of aromatic carboxylic acids is 3. The van der Waals surface area contributed by atoms with Crippen LogP contribution in [0.25, 0.3) is 21.5 Å². The van der Waals surface area contributed by atoms with Crippen molar-refractivity contribution in [2.75, 3.05) is 52.8 Å². The highest BCUT2D eigenvalue weighted by Crippen LogP contribution is 2.50. The Morgan fingerprint density at radius 1 is 0.500 bits per heavy atom. The Balaban J connectivity index is 1.02. The summed E-state index contributed by atoms with van der Waals surface area (Å²) < 4.78 is 85.1. The molecule has 0 saturated heterocycles. The molecule has 0 amide bonds. The van der Waals surface area contributed by atoms with E-state index in [9.17, 15) is 71.0 Å². The second-order valence-corrected chi connectivity index (χ2v) is 22.3. The summed E-state index contributed by atoms with van der Waals surface area (Å²) in [7, 11) is -7.06. The standard InChI is InChI=1S/C50H40N16O22S4/c1-51-45-57-47(61-49(59-45)55-32-17-30(91(78,79)80)12-20-14-34(89-87-85-76)38(40(68)36(20)32)65-63-27-8-22(42(70)71)7-23(9-27)43(72)73)53-25-3-5-26(6-4-25)54-48-58-46(52-2)60-50(62-48)56-33-18-31(92(81,82)83)13-21-15-35(90-88-86-77)39(41(69)37(21)33)66-64-28-10-24(44(74)75)11-29(16-28)84-19-67/h3-18,67-69,76-77H,19H2,1-2H3,(H,70,71)(H,72,73)(H,74,75)(H,78,79,80)(H,81,82,83)(H3,51,53,55,57,59,61)(H3,52,54,56,58,60,62). The third-order valence-corrected chi connectivity index (χ3v) is 15.0. The Morgan fingerprint density at radius 3 is 1.23 bits per heavy atom. The van der Waals surface area contributed by atoms with Gasteiger partial charge in [-0.05, 0) is 102 Å². The van der Waals surface area contributed by atoms with Gasteiger partial charge in [-0.25, -0.2) is 24.9 Å². The van der Waals surface area contributed by atoms with Gasteiger partial charge in [0.2, 0.25) is 35.7 Å². The Hall–Kier alpha value is -10.9. The fourth-order valence-electron chi connectivity index (χ4n) is 8.23. The van der Waals surface area contributed by atoms with Crippen LogP contribution in [-0.4, -0.2) is 136 Å². The Bertz CT molecular complexity index is 4680. The first-order chi connectivity index (χ1) is 43.8. The third kappa shape index (κ3) is 15.6. The molecule has 0 fully saturated rings. The lowest BCUT2D eigenvalue weighted by Gasteiger charge is -2.16. The molecule has 38 nitrogen and oxygen atoms in total. The van der Waals surface area contributed by atoms with E-state index >= 15 is 0 Å². The molecular formula is C50H40N16O22S4. The zero-order valence-corrected chi connectivity index (χ0v) is 49.2. The average Bonchev–Trinajstić information content (AvgIpc) is 0.770. The number of ether oxygens (including phenoxy) is 1. The van der Waals surface area contributed by atoms with Gasteiger partial charge in [-0.2, -0.15) is 57.0 Å².